The third-order valence-corrected chi connectivity index (χ3v) is 3.32. The molecule has 0 bridgehead atoms. The third kappa shape index (κ3) is 3.47. The number of benzene rings is 1. The Bertz CT molecular complexity index is 373. The summed E-state index contributed by atoms with van der Waals surface area (Å²) in [5.41, 5.74) is 8.62. The number of rotatable bonds is 7. The number of aromatic hydroxyl groups is 1. The number of unbranched alkanes of at least 4 members (excludes halogenated alkanes) is 1. The van der Waals surface area contributed by atoms with Gasteiger partial charge in [-0.15, -0.1) is 0 Å². The van der Waals surface area contributed by atoms with Crippen molar-refractivity contribution in [2.75, 3.05) is 7.11 Å². The summed E-state index contributed by atoms with van der Waals surface area (Å²) in [6.07, 6.45) is 4.12. The monoisotopic (exact) mass is 251 g/mol. The zero-order valence-electron chi connectivity index (χ0n) is 11.7. The van der Waals surface area contributed by atoms with E-state index >= 15 is 0 Å². The molecule has 1 unspecified atom stereocenters. The van der Waals surface area contributed by atoms with Crippen LogP contribution in [0.15, 0.2) is 12.1 Å². The van der Waals surface area contributed by atoms with Gasteiger partial charge in [0.1, 0.15) is 5.75 Å². The van der Waals surface area contributed by atoms with Crippen molar-refractivity contribution in [3.8, 4) is 5.75 Å². The second-order valence-electron chi connectivity index (χ2n) is 4.63. The molecular formula is C15H25NO2. The molecule has 0 spiro atoms. The van der Waals surface area contributed by atoms with E-state index in [4.69, 9.17) is 10.5 Å². The van der Waals surface area contributed by atoms with Gasteiger partial charge < -0.3 is 15.6 Å². The summed E-state index contributed by atoms with van der Waals surface area (Å²) in [7, 11) is 1.68. The first-order valence-electron chi connectivity index (χ1n) is 6.75. The molecule has 0 aromatic heterocycles. The van der Waals surface area contributed by atoms with Crippen molar-refractivity contribution in [1.29, 1.82) is 0 Å². The third-order valence-electron chi connectivity index (χ3n) is 3.32. The molecule has 0 heterocycles. The first kappa shape index (κ1) is 15.0. The van der Waals surface area contributed by atoms with Crippen LogP contribution in [0.2, 0.25) is 0 Å². The average Bonchev–Trinajstić information content (AvgIpc) is 2.40. The Morgan fingerprint density at radius 3 is 2.56 bits per heavy atom. The largest absolute Gasteiger partial charge is 0.507 e. The fraction of sp³-hybridized carbons (Fsp3) is 0.600. The molecule has 0 saturated carbocycles. The van der Waals surface area contributed by atoms with E-state index in [1.165, 1.54) is 5.56 Å². The Kier molecular flexibility index (Phi) is 6.16. The first-order chi connectivity index (χ1) is 8.67. The lowest BCUT2D eigenvalue weighted by molar-refractivity contribution is 0.0975. The van der Waals surface area contributed by atoms with Gasteiger partial charge in [0.25, 0.3) is 0 Å². The number of hydrogen-bond acceptors (Lipinski definition) is 3. The number of phenols is 1. The number of ether oxygens (including phenoxy) is 1. The van der Waals surface area contributed by atoms with Crippen LogP contribution >= 0.6 is 0 Å². The molecule has 0 aliphatic rings. The standard InChI is InChI=1S/C15H25NO2/c1-4-6-7-11-8-12(10-16)15(17)13(9-11)14(5-2)18-3/h8-9,14,17H,4-7,10,16H2,1-3H3. The summed E-state index contributed by atoms with van der Waals surface area (Å²) in [5.74, 6) is 0.298. The van der Waals surface area contributed by atoms with Gasteiger partial charge in [-0.05, 0) is 30.9 Å². The minimum Gasteiger partial charge on any atom is -0.507 e. The molecule has 0 aliphatic heterocycles. The minimum atomic E-state index is -0.0584. The van der Waals surface area contributed by atoms with Crippen molar-refractivity contribution in [1.82, 2.24) is 0 Å². The fourth-order valence-corrected chi connectivity index (χ4v) is 2.23. The summed E-state index contributed by atoms with van der Waals surface area (Å²) in [6.45, 7) is 4.59. The molecule has 0 fully saturated rings. The highest BCUT2D eigenvalue weighted by atomic mass is 16.5. The Hall–Kier alpha value is -1.06. The number of aryl methyl sites for hydroxylation is 1. The molecule has 102 valence electrons. The van der Waals surface area contributed by atoms with Crippen LogP contribution in [0.4, 0.5) is 0 Å². The average molecular weight is 251 g/mol. The van der Waals surface area contributed by atoms with Crippen LogP contribution in [0.5, 0.6) is 5.75 Å². The molecule has 0 saturated heterocycles. The normalized spacial score (nSPS) is 12.7. The second-order valence-corrected chi connectivity index (χ2v) is 4.63. The topological polar surface area (TPSA) is 55.5 Å². The summed E-state index contributed by atoms with van der Waals surface area (Å²) in [5, 5.41) is 10.2. The fourth-order valence-electron chi connectivity index (χ4n) is 2.23. The van der Waals surface area contributed by atoms with Gasteiger partial charge in [0.05, 0.1) is 6.10 Å². The van der Waals surface area contributed by atoms with E-state index in [1.54, 1.807) is 7.11 Å². The van der Waals surface area contributed by atoms with E-state index in [2.05, 4.69) is 19.9 Å². The minimum absolute atomic E-state index is 0.0584. The number of hydrogen-bond donors (Lipinski definition) is 2. The summed E-state index contributed by atoms with van der Waals surface area (Å²) in [4.78, 5) is 0. The smallest absolute Gasteiger partial charge is 0.125 e. The van der Waals surface area contributed by atoms with Gasteiger partial charge >= 0.3 is 0 Å². The van der Waals surface area contributed by atoms with Gasteiger partial charge in [-0.1, -0.05) is 26.3 Å². The van der Waals surface area contributed by atoms with Crippen molar-refractivity contribution in [3.63, 3.8) is 0 Å². The van der Waals surface area contributed by atoms with E-state index < -0.39 is 0 Å². The Balaban J connectivity index is 3.13. The van der Waals surface area contributed by atoms with Crippen LogP contribution in [0.1, 0.15) is 55.9 Å². The highest BCUT2D eigenvalue weighted by Gasteiger charge is 2.16. The molecular weight excluding hydrogens is 226 g/mol. The van der Waals surface area contributed by atoms with Crippen molar-refractivity contribution < 1.29 is 9.84 Å². The number of methoxy groups -OCH3 is 1. The Morgan fingerprint density at radius 1 is 1.33 bits per heavy atom. The van der Waals surface area contributed by atoms with Crippen molar-refractivity contribution >= 4 is 0 Å². The van der Waals surface area contributed by atoms with Gasteiger partial charge in [-0.25, -0.2) is 0 Å². The van der Waals surface area contributed by atoms with Gasteiger partial charge in [0.15, 0.2) is 0 Å². The predicted octanol–water partition coefficient (Wildman–Crippen LogP) is 3.29. The van der Waals surface area contributed by atoms with E-state index in [0.29, 0.717) is 12.3 Å². The lowest BCUT2D eigenvalue weighted by Gasteiger charge is -2.18. The van der Waals surface area contributed by atoms with Gasteiger partial charge in [0.2, 0.25) is 0 Å². The summed E-state index contributed by atoms with van der Waals surface area (Å²) < 4.78 is 5.42. The van der Waals surface area contributed by atoms with E-state index in [9.17, 15) is 5.11 Å². The molecule has 3 heteroatoms. The van der Waals surface area contributed by atoms with E-state index in [-0.39, 0.29) is 6.10 Å². The quantitative estimate of drug-likeness (QED) is 0.782. The SMILES string of the molecule is CCCCc1cc(CN)c(O)c(C(CC)OC)c1. The van der Waals surface area contributed by atoms with Crippen LogP contribution in [0.3, 0.4) is 0 Å². The lowest BCUT2D eigenvalue weighted by atomic mass is 9.96. The van der Waals surface area contributed by atoms with E-state index in [1.807, 2.05) is 6.07 Å². The Morgan fingerprint density at radius 2 is 2.06 bits per heavy atom. The molecule has 1 rings (SSSR count). The van der Waals surface area contributed by atoms with Gasteiger partial charge in [-0.2, -0.15) is 0 Å². The van der Waals surface area contributed by atoms with E-state index in [0.717, 1.165) is 36.8 Å². The van der Waals surface area contributed by atoms with Crippen molar-refractivity contribution in [3.05, 3.63) is 28.8 Å². The van der Waals surface area contributed by atoms with Crippen molar-refractivity contribution in [2.45, 2.75) is 52.2 Å². The maximum absolute atomic E-state index is 10.2. The van der Waals surface area contributed by atoms with Crippen LogP contribution in [0, 0.1) is 0 Å². The first-order valence-corrected chi connectivity index (χ1v) is 6.75. The maximum atomic E-state index is 10.2. The van der Waals surface area contributed by atoms with Crippen LogP contribution in [-0.2, 0) is 17.7 Å². The molecule has 0 radical (unpaired) electrons. The predicted molar refractivity (Wildman–Crippen MR) is 74.7 cm³/mol. The lowest BCUT2D eigenvalue weighted by Crippen LogP contribution is -2.06. The van der Waals surface area contributed by atoms with Crippen molar-refractivity contribution in [2.24, 2.45) is 5.73 Å². The molecule has 1 aromatic rings. The molecule has 0 amide bonds. The number of nitrogens with two attached hydrogens (primary N) is 1. The molecule has 3 nitrogen and oxygen atoms in total. The zero-order valence-corrected chi connectivity index (χ0v) is 11.7. The molecule has 18 heavy (non-hydrogen) atoms. The van der Waals surface area contributed by atoms with Gasteiger partial charge in [0, 0.05) is 24.8 Å². The molecule has 1 atom stereocenters. The number of phenolic OH excluding ortho intramolecular Hbond substituents is 1. The van der Waals surface area contributed by atoms with Gasteiger partial charge in [-0.3, -0.25) is 0 Å². The second kappa shape index (κ2) is 7.39. The highest BCUT2D eigenvalue weighted by Crippen LogP contribution is 2.33. The van der Waals surface area contributed by atoms with Crippen LogP contribution in [-0.4, -0.2) is 12.2 Å². The van der Waals surface area contributed by atoms with Crippen LogP contribution in [0.25, 0.3) is 0 Å². The molecule has 1 aromatic carbocycles. The maximum Gasteiger partial charge on any atom is 0.125 e. The van der Waals surface area contributed by atoms with Crippen LogP contribution < -0.4 is 5.73 Å². The summed E-state index contributed by atoms with van der Waals surface area (Å²) in [6, 6.07) is 4.07. The Labute approximate surface area is 110 Å². The molecule has 0 aliphatic carbocycles. The summed E-state index contributed by atoms with van der Waals surface area (Å²) >= 11 is 0. The highest BCUT2D eigenvalue weighted by molar-refractivity contribution is 5.45. The molecule has 3 N–H and O–H groups in total. The zero-order chi connectivity index (χ0) is 13.5.